The van der Waals surface area contributed by atoms with E-state index >= 15 is 0 Å². The van der Waals surface area contributed by atoms with Crippen LogP contribution in [0.3, 0.4) is 0 Å². The van der Waals surface area contributed by atoms with Crippen molar-refractivity contribution < 1.29 is 23.5 Å². The zero-order chi connectivity index (χ0) is 18.4. The van der Waals surface area contributed by atoms with Crippen LogP contribution in [-0.2, 0) is 20.9 Å². The van der Waals surface area contributed by atoms with E-state index in [1.807, 2.05) is 0 Å². The summed E-state index contributed by atoms with van der Waals surface area (Å²) in [4.78, 5) is 25.7. The number of rotatable bonds is 6. The summed E-state index contributed by atoms with van der Waals surface area (Å²) in [6.07, 6.45) is 0. The van der Waals surface area contributed by atoms with Gasteiger partial charge in [-0.2, -0.15) is 0 Å². The fraction of sp³-hybridized carbons (Fsp3) is 0.375. The van der Waals surface area contributed by atoms with Gasteiger partial charge in [-0.3, -0.25) is 9.59 Å². The highest BCUT2D eigenvalue weighted by molar-refractivity contribution is 7.13. The Balaban J connectivity index is 1.45. The molecule has 138 valence electrons. The summed E-state index contributed by atoms with van der Waals surface area (Å²) < 4.78 is 23.4. The summed E-state index contributed by atoms with van der Waals surface area (Å²) in [7, 11) is 0. The van der Waals surface area contributed by atoms with Crippen molar-refractivity contribution in [3.05, 3.63) is 40.1 Å². The second kappa shape index (κ2) is 8.79. The zero-order valence-corrected chi connectivity index (χ0v) is 14.6. The molecule has 0 spiro atoms. The number of morpholine rings is 1. The molecule has 1 fully saturated rings. The maximum atomic E-state index is 12.9. The molecule has 0 unspecified atom stereocenters. The fourth-order valence-corrected chi connectivity index (χ4v) is 2.92. The number of nitrogens with zero attached hydrogens (tertiary/aromatic N) is 3. The highest BCUT2D eigenvalue weighted by atomic mass is 32.1. The molecule has 1 aliphatic rings. The Bertz CT molecular complexity index is 762. The van der Waals surface area contributed by atoms with Crippen LogP contribution in [0, 0.1) is 5.82 Å². The molecule has 0 radical (unpaired) electrons. The summed E-state index contributed by atoms with van der Waals surface area (Å²) in [5.74, 6) is -0.929. The number of anilines is 1. The third-order valence-corrected chi connectivity index (χ3v) is 4.47. The minimum absolute atomic E-state index is 0.0588. The number of hydrogen-bond donors (Lipinski definition) is 1. The van der Waals surface area contributed by atoms with E-state index in [0.717, 1.165) is 11.3 Å². The molecule has 1 aromatic heterocycles. The van der Waals surface area contributed by atoms with Gasteiger partial charge in [-0.25, -0.2) is 4.39 Å². The lowest BCUT2D eigenvalue weighted by Crippen LogP contribution is -2.42. The second-order valence-electron chi connectivity index (χ2n) is 5.45. The van der Waals surface area contributed by atoms with Gasteiger partial charge in [0, 0.05) is 18.8 Å². The maximum Gasteiger partial charge on any atom is 0.286 e. The number of carbonyl (C=O) groups excluding carboxylic acids is 2. The van der Waals surface area contributed by atoms with Crippen LogP contribution in [0.5, 0.6) is 0 Å². The number of hydrogen-bond acceptors (Lipinski definition) is 7. The van der Waals surface area contributed by atoms with Crippen molar-refractivity contribution in [2.24, 2.45) is 0 Å². The molecule has 1 aromatic carbocycles. The third-order valence-electron chi connectivity index (χ3n) is 3.58. The van der Waals surface area contributed by atoms with Crippen molar-refractivity contribution in [3.8, 4) is 0 Å². The van der Waals surface area contributed by atoms with Gasteiger partial charge < -0.3 is 19.7 Å². The van der Waals surface area contributed by atoms with Crippen molar-refractivity contribution >= 4 is 28.8 Å². The van der Waals surface area contributed by atoms with Crippen molar-refractivity contribution in [2.45, 2.75) is 6.61 Å². The van der Waals surface area contributed by atoms with Crippen LogP contribution >= 0.6 is 11.3 Å². The van der Waals surface area contributed by atoms with E-state index < -0.39 is 5.91 Å². The van der Waals surface area contributed by atoms with Crippen LogP contribution in [0.15, 0.2) is 24.3 Å². The highest BCUT2D eigenvalue weighted by Gasteiger charge is 2.17. The molecule has 1 N–H and O–H groups in total. The lowest BCUT2D eigenvalue weighted by molar-refractivity contribution is -0.140. The van der Waals surface area contributed by atoms with Crippen LogP contribution < -0.4 is 5.32 Å². The smallest absolute Gasteiger partial charge is 0.286 e. The lowest BCUT2D eigenvalue weighted by Gasteiger charge is -2.26. The Hall–Kier alpha value is -2.43. The number of nitrogens with one attached hydrogen (secondary N) is 1. The highest BCUT2D eigenvalue weighted by Crippen LogP contribution is 2.14. The fourth-order valence-electron chi connectivity index (χ4n) is 2.25. The first-order valence-corrected chi connectivity index (χ1v) is 8.76. The average molecular weight is 380 g/mol. The quantitative estimate of drug-likeness (QED) is 0.812. The van der Waals surface area contributed by atoms with Crippen molar-refractivity contribution in [3.63, 3.8) is 0 Å². The predicted molar refractivity (Wildman–Crippen MR) is 91.3 cm³/mol. The topological polar surface area (TPSA) is 93.7 Å². The average Bonchev–Trinajstić information content (AvgIpc) is 3.13. The van der Waals surface area contributed by atoms with Gasteiger partial charge in [0.15, 0.2) is 0 Å². The van der Waals surface area contributed by atoms with E-state index in [1.54, 1.807) is 4.90 Å². The van der Waals surface area contributed by atoms with Gasteiger partial charge in [0.05, 0.1) is 13.2 Å². The Morgan fingerprint density at radius 3 is 2.69 bits per heavy atom. The first-order valence-electron chi connectivity index (χ1n) is 7.94. The van der Waals surface area contributed by atoms with E-state index in [-0.39, 0.29) is 29.9 Å². The van der Waals surface area contributed by atoms with Crippen LogP contribution in [-0.4, -0.2) is 59.8 Å². The molecule has 0 bridgehead atoms. The minimum atomic E-state index is -0.440. The second-order valence-corrected chi connectivity index (χ2v) is 6.51. The van der Waals surface area contributed by atoms with Crippen LogP contribution in [0.25, 0.3) is 0 Å². The minimum Gasteiger partial charge on any atom is -0.378 e. The Labute approximate surface area is 152 Å². The normalized spacial score (nSPS) is 14.3. The van der Waals surface area contributed by atoms with Gasteiger partial charge in [-0.05, 0) is 24.3 Å². The van der Waals surface area contributed by atoms with Gasteiger partial charge in [-0.15, -0.1) is 10.2 Å². The van der Waals surface area contributed by atoms with Crippen LogP contribution in [0.1, 0.15) is 14.8 Å². The first-order chi connectivity index (χ1) is 12.6. The largest absolute Gasteiger partial charge is 0.378 e. The number of benzene rings is 1. The molecule has 0 atom stereocenters. The Kier molecular flexibility index (Phi) is 6.21. The number of halogens is 1. The van der Waals surface area contributed by atoms with Crippen molar-refractivity contribution in [2.75, 3.05) is 38.2 Å². The predicted octanol–water partition coefficient (Wildman–Crippen LogP) is 1.30. The molecule has 2 aromatic rings. The summed E-state index contributed by atoms with van der Waals surface area (Å²) in [6.45, 7) is 2.24. The summed E-state index contributed by atoms with van der Waals surface area (Å²) >= 11 is 1.07. The Morgan fingerprint density at radius 2 is 1.96 bits per heavy atom. The van der Waals surface area contributed by atoms with E-state index in [2.05, 4.69) is 15.5 Å². The standard InChI is InChI=1S/C16H17FN4O4S/c17-11-1-3-12(4-2-11)18-15(23)16-20-19-13(26-16)9-25-10-14(22)21-5-7-24-8-6-21/h1-4H,5-10H2,(H,18,23). The molecule has 2 amide bonds. The SMILES string of the molecule is O=C(Nc1ccc(F)cc1)c1nnc(COCC(=O)N2CCOCC2)s1. The van der Waals surface area contributed by atoms with Gasteiger partial charge in [0.2, 0.25) is 10.9 Å². The number of aromatic nitrogens is 2. The Morgan fingerprint density at radius 1 is 1.23 bits per heavy atom. The molecule has 0 aliphatic carbocycles. The molecule has 26 heavy (non-hydrogen) atoms. The van der Waals surface area contributed by atoms with Gasteiger partial charge in [0.1, 0.15) is 24.0 Å². The van der Waals surface area contributed by atoms with Gasteiger partial charge >= 0.3 is 0 Å². The molecule has 2 heterocycles. The molecule has 10 heteroatoms. The van der Waals surface area contributed by atoms with E-state index in [4.69, 9.17) is 9.47 Å². The van der Waals surface area contributed by atoms with Crippen molar-refractivity contribution in [1.29, 1.82) is 0 Å². The van der Waals surface area contributed by atoms with E-state index in [9.17, 15) is 14.0 Å². The summed E-state index contributed by atoms with van der Waals surface area (Å²) in [6, 6.07) is 5.41. The summed E-state index contributed by atoms with van der Waals surface area (Å²) in [5.41, 5.74) is 0.459. The molecular weight excluding hydrogens is 363 g/mol. The maximum absolute atomic E-state index is 12.9. The summed E-state index contributed by atoms with van der Waals surface area (Å²) in [5, 5.41) is 10.9. The van der Waals surface area contributed by atoms with Crippen LogP contribution in [0.2, 0.25) is 0 Å². The molecule has 0 saturated carbocycles. The van der Waals surface area contributed by atoms with E-state index in [0.29, 0.717) is 37.0 Å². The van der Waals surface area contributed by atoms with Crippen LogP contribution in [0.4, 0.5) is 10.1 Å². The molecular formula is C16H17FN4O4S. The van der Waals surface area contributed by atoms with Gasteiger partial charge in [0.25, 0.3) is 5.91 Å². The monoisotopic (exact) mass is 380 g/mol. The van der Waals surface area contributed by atoms with Gasteiger partial charge in [-0.1, -0.05) is 11.3 Å². The molecule has 1 aliphatic heterocycles. The molecule has 3 rings (SSSR count). The zero-order valence-electron chi connectivity index (χ0n) is 13.8. The van der Waals surface area contributed by atoms with Crippen molar-refractivity contribution in [1.82, 2.24) is 15.1 Å². The molecule has 8 nitrogen and oxygen atoms in total. The van der Waals surface area contributed by atoms with E-state index in [1.165, 1.54) is 24.3 Å². The first kappa shape index (κ1) is 18.4. The number of carbonyl (C=O) groups is 2. The number of ether oxygens (including phenoxy) is 2. The third kappa shape index (κ3) is 5.04. The molecule has 1 saturated heterocycles. The number of amides is 2. The lowest BCUT2D eigenvalue weighted by atomic mass is 10.3.